The summed E-state index contributed by atoms with van der Waals surface area (Å²) < 4.78 is 11.0. The number of carboxylic acid groups (broad SMARTS) is 1. The van der Waals surface area contributed by atoms with Gasteiger partial charge < -0.3 is 19.9 Å². The van der Waals surface area contributed by atoms with Crippen LogP contribution in [0.15, 0.2) is 42.5 Å². The third-order valence-corrected chi connectivity index (χ3v) is 4.04. The third kappa shape index (κ3) is 4.06. The largest absolute Gasteiger partial charge is 0.493 e. The number of nitriles is 1. The summed E-state index contributed by atoms with van der Waals surface area (Å²) in [6.45, 7) is 4.08. The Morgan fingerprint density at radius 1 is 1.23 bits per heavy atom. The molecule has 0 fully saturated rings. The predicted molar refractivity (Wildman–Crippen MR) is 98.5 cm³/mol. The maximum absolute atomic E-state index is 12.0. The molecule has 0 bridgehead atoms. The Hall–Kier alpha value is -3.20. The SMILES string of the molecule is CCCOc1cc(C(C)(Nc2ccc(C#N)cc2)C(=O)O)ccc1OC. The molecule has 0 radical (unpaired) electrons. The summed E-state index contributed by atoms with van der Waals surface area (Å²) in [7, 11) is 1.54. The van der Waals surface area contributed by atoms with Crippen molar-refractivity contribution in [2.75, 3.05) is 19.0 Å². The highest BCUT2D eigenvalue weighted by molar-refractivity contribution is 5.84. The van der Waals surface area contributed by atoms with Crippen molar-refractivity contribution >= 4 is 11.7 Å². The van der Waals surface area contributed by atoms with Gasteiger partial charge in [0.15, 0.2) is 17.0 Å². The topological polar surface area (TPSA) is 91.6 Å². The zero-order valence-corrected chi connectivity index (χ0v) is 15.1. The van der Waals surface area contributed by atoms with Gasteiger partial charge in [-0.1, -0.05) is 13.0 Å². The molecular weight excluding hydrogens is 332 g/mol. The van der Waals surface area contributed by atoms with Crippen LogP contribution in [0, 0.1) is 11.3 Å². The summed E-state index contributed by atoms with van der Waals surface area (Å²) in [5, 5.41) is 21.8. The van der Waals surface area contributed by atoms with E-state index in [-0.39, 0.29) is 0 Å². The Balaban J connectivity index is 2.41. The predicted octanol–water partition coefficient (Wildman–Crippen LogP) is 3.77. The van der Waals surface area contributed by atoms with Crippen molar-refractivity contribution in [2.24, 2.45) is 0 Å². The molecule has 6 nitrogen and oxygen atoms in total. The lowest BCUT2D eigenvalue weighted by atomic mass is 9.91. The number of ether oxygens (including phenoxy) is 2. The first kappa shape index (κ1) is 19.1. The Morgan fingerprint density at radius 3 is 2.46 bits per heavy atom. The Bertz CT molecular complexity index is 812. The van der Waals surface area contributed by atoms with Crippen LogP contribution in [0.2, 0.25) is 0 Å². The Labute approximate surface area is 153 Å². The van der Waals surface area contributed by atoms with Gasteiger partial charge in [-0.2, -0.15) is 5.26 Å². The van der Waals surface area contributed by atoms with Crippen LogP contribution < -0.4 is 14.8 Å². The number of nitrogens with zero attached hydrogens (tertiary/aromatic N) is 1. The molecule has 136 valence electrons. The second-order valence-corrected chi connectivity index (χ2v) is 5.96. The summed E-state index contributed by atoms with van der Waals surface area (Å²) in [6, 6.07) is 13.7. The number of nitrogens with one attached hydrogen (secondary N) is 1. The van der Waals surface area contributed by atoms with E-state index in [1.165, 1.54) is 0 Å². The van der Waals surface area contributed by atoms with E-state index in [0.29, 0.717) is 34.9 Å². The first-order chi connectivity index (χ1) is 12.4. The molecule has 1 atom stereocenters. The Kier molecular flexibility index (Phi) is 6.07. The average molecular weight is 354 g/mol. The lowest BCUT2D eigenvalue weighted by Gasteiger charge is -2.28. The molecule has 6 heteroatoms. The van der Waals surface area contributed by atoms with Crippen molar-refractivity contribution in [1.29, 1.82) is 5.26 Å². The minimum absolute atomic E-state index is 0.501. The zero-order valence-electron chi connectivity index (χ0n) is 15.1. The van der Waals surface area contributed by atoms with Crippen molar-refractivity contribution < 1.29 is 19.4 Å². The first-order valence-corrected chi connectivity index (χ1v) is 8.27. The molecule has 0 aromatic heterocycles. The van der Waals surface area contributed by atoms with Crippen LogP contribution in [0.1, 0.15) is 31.4 Å². The first-order valence-electron chi connectivity index (χ1n) is 8.27. The monoisotopic (exact) mass is 354 g/mol. The van der Waals surface area contributed by atoms with Crippen LogP contribution in [0.5, 0.6) is 11.5 Å². The molecule has 2 rings (SSSR count). The van der Waals surface area contributed by atoms with Crippen LogP contribution >= 0.6 is 0 Å². The molecule has 2 aromatic carbocycles. The van der Waals surface area contributed by atoms with Crippen molar-refractivity contribution in [1.82, 2.24) is 0 Å². The lowest BCUT2D eigenvalue weighted by Crippen LogP contribution is -2.40. The molecule has 0 aliphatic heterocycles. The van der Waals surface area contributed by atoms with Crippen molar-refractivity contribution in [3.05, 3.63) is 53.6 Å². The van der Waals surface area contributed by atoms with Gasteiger partial charge in [0.25, 0.3) is 0 Å². The molecule has 0 saturated carbocycles. The quantitative estimate of drug-likeness (QED) is 0.750. The standard InChI is InChI=1S/C20H22N2O4/c1-4-11-26-18-12-15(7-10-17(18)25-3)20(2,19(23)24)22-16-8-5-14(13-21)6-9-16/h5-10,12,22H,4,11H2,1-3H3,(H,23,24). The fraction of sp³-hybridized carbons (Fsp3) is 0.300. The molecule has 0 heterocycles. The molecule has 1 unspecified atom stereocenters. The molecular formula is C20H22N2O4. The highest BCUT2D eigenvalue weighted by atomic mass is 16.5. The van der Waals surface area contributed by atoms with Crippen LogP contribution in [-0.2, 0) is 10.3 Å². The number of carbonyl (C=O) groups is 1. The molecule has 0 amide bonds. The molecule has 2 N–H and O–H groups in total. The van der Waals surface area contributed by atoms with Gasteiger partial charge in [-0.15, -0.1) is 0 Å². The summed E-state index contributed by atoms with van der Waals surface area (Å²) in [4.78, 5) is 12.0. The van der Waals surface area contributed by atoms with Gasteiger partial charge in [-0.25, -0.2) is 4.79 Å². The second kappa shape index (κ2) is 8.26. The van der Waals surface area contributed by atoms with E-state index in [1.807, 2.05) is 13.0 Å². The summed E-state index contributed by atoms with van der Waals surface area (Å²) in [5.41, 5.74) is 0.249. The van der Waals surface area contributed by atoms with Gasteiger partial charge in [-0.3, -0.25) is 0 Å². The van der Waals surface area contributed by atoms with E-state index < -0.39 is 11.5 Å². The number of methoxy groups -OCH3 is 1. The fourth-order valence-corrected chi connectivity index (χ4v) is 2.48. The van der Waals surface area contributed by atoms with Gasteiger partial charge in [0.1, 0.15) is 0 Å². The van der Waals surface area contributed by atoms with Crippen molar-refractivity contribution in [3.8, 4) is 17.6 Å². The van der Waals surface area contributed by atoms with E-state index >= 15 is 0 Å². The number of aliphatic carboxylic acids is 1. The molecule has 0 aliphatic rings. The van der Waals surface area contributed by atoms with Crippen LogP contribution in [0.25, 0.3) is 0 Å². The zero-order chi connectivity index (χ0) is 19.2. The summed E-state index contributed by atoms with van der Waals surface area (Å²) in [6.07, 6.45) is 0.826. The molecule has 0 spiro atoms. The smallest absolute Gasteiger partial charge is 0.333 e. The van der Waals surface area contributed by atoms with Gasteiger partial charge >= 0.3 is 5.97 Å². The highest BCUT2D eigenvalue weighted by Crippen LogP contribution is 2.34. The maximum atomic E-state index is 12.0. The summed E-state index contributed by atoms with van der Waals surface area (Å²) in [5.74, 6) is 0.0164. The van der Waals surface area contributed by atoms with Gasteiger partial charge in [0, 0.05) is 5.69 Å². The van der Waals surface area contributed by atoms with Gasteiger partial charge in [-0.05, 0) is 55.3 Å². The van der Waals surface area contributed by atoms with E-state index in [0.717, 1.165) is 6.42 Å². The van der Waals surface area contributed by atoms with E-state index in [4.69, 9.17) is 14.7 Å². The normalized spacial score (nSPS) is 12.5. The lowest BCUT2D eigenvalue weighted by molar-refractivity contribution is -0.142. The number of anilines is 1. The van der Waals surface area contributed by atoms with E-state index in [2.05, 4.69) is 5.32 Å². The number of hydrogen-bond acceptors (Lipinski definition) is 5. The Morgan fingerprint density at radius 2 is 1.92 bits per heavy atom. The van der Waals surface area contributed by atoms with E-state index in [1.54, 1.807) is 56.5 Å². The fourth-order valence-electron chi connectivity index (χ4n) is 2.48. The van der Waals surface area contributed by atoms with Gasteiger partial charge in [0.05, 0.1) is 25.3 Å². The van der Waals surface area contributed by atoms with Crippen molar-refractivity contribution in [2.45, 2.75) is 25.8 Å². The minimum Gasteiger partial charge on any atom is -0.493 e. The highest BCUT2D eigenvalue weighted by Gasteiger charge is 2.36. The van der Waals surface area contributed by atoms with Crippen LogP contribution in [-0.4, -0.2) is 24.8 Å². The molecule has 0 aliphatic carbocycles. The number of carboxylic acids is 1. The molecule has 0 saturated heterocycles. The number of benzene rings is 2. The number of rotatable bonds is 8. The van der Waals surface area contributed by atoms with Crippen LogP contribution in [0.4, 0.5) is 5.69 Å². The summed E-state index contributed by atoms with van der Waals surface area (Å²) >= 11 is 0. The van der Waals surface area contributed by atoms with Crippen LogP contribution in [0.3, 0.4) is 0 Å². The van der Waals surface area contributed by atoms with E-state index in [9.17, 15) is 9.90 Å². The third-order valence-electron chi connectivity index (χ3n) is 4.04. The minimum atomic E-state index is -1.38. The average Bonchev–Trinajstić information content (AvgIpc) is 2.66. The number of hydrogen-bond donors (Lipinski definition) is 2. The molecule has 26 heavy (non-hydrogen) atoms. The maximum Gasteiger partial charge on any atom is 0.333 e. The second-order valence-electron chi connectivity index (χ2n) is 5.96. The van der Waals surface area contributed by atoms with Gasteiger partial charge in [0.2, 0.25) is 0 Å². The molecule has 2 aromatic rings. The van der Waals surface area contributed by atoms with Crippen molar-refractivity contribution in [3.63, 3.8) is 0 Å².